The lowest BCUT2D eigenvalue weighted by atomic mass is 9.99. The van der Waals surface area contributed by atoms with E-state index < -0.39 is 11.9 Å². The van der Waals surface area contributed by atoms with Gasteiger partial charge in [0.25, 0.3) is 0 Å². The molecule has 5 heteroatoms. The van der Waals surface area contributed by atoms with Crippen LogP contribution in [0.3, 0.4) is 0 Å². The molecule has 1 atom stereocenters. The molecule has 3 N–H and O–H groups in total. The van der Waals surface area contributed by atoms with Gasteiger partial charge >= 0.3 is 5.97 Å². The number of rotatable bonds is 2. The van der Waals surface area contributed by atoms with Gasteiger partial charge in [0.2, 0.25) is 5.95 Å². The first kappa shape index (κ1) is 9.57. The van der Waals surface area contributed by atoms with Crippen LogP contribution in [0.2, 0.25) is 0 Å². The van der Waals surface area contributed by atoms with Crippen molar-refractivity contribution in [2.75, 3.05) is 5.73 Å². The average Bonchev–Trinajstić information content (AvgIpc) is 2.97. The van der Waals surface area contributed by atoms with E-state index in [1.807, 2.05) is 0 Å². The van der Waals surface area contributed by atoms with Gasteiger partial charge < -0.3 is 10.8 Å². The van der Waals surface area contributed by atoms with Crippen molar-refractivity contribution < 1.29 is 9.90 Å². The maximum atomic E-state index is 11.2. The van der Waals surface area contributed by atoms with Crippen molar-refractivity contribution in [2.45, 2.75) is 37.5 Å². The van der Waals surface area contributed by atoms with Gasteiger partial charge in [0, 0.05) is 11.5 Å². The molecular weight excluding hydrogens is 206 g/mol. The Morgan fingerprint density at radius 2 is 2.06 bits per heavy atom. The number of aryl methyl sites for hydroxylation is 1. The largest absolute Gasteiger partial charge is 0.481 e. The Morgan fingerprint density at radius 1 is 1.31 bits per heavy atom. The second-order valence-corrected chi connectivity index (χ2v) is 4.53. The van der Waals surface area contributed by atoms with Crippen LogP contribution >= 0.6 is 0 Å². The van der Waals surface area contributed by atoms with E-state index in [0.29, 0.717) is 18.8 Å². The van der Waals surface area contributed by atoms with Gasteiger partial charge in [-0.1, -0.05) is 0 Å². The van der Waals surface area contributed by atoms with Crippen molar-refractivity contribution >= 4 is 11.9 Å². The minimum atomic E-state index is -0.769. The van der Waals surface area contributed by atoms with Gasteiger partial charge in [-0.3, -0.25) is 4.79 Å². The fraction of sp³-hybridized carbons (Fsp3) is 0.545. The highest BCUT2D eigenvalue weighted by atomic mass is 16.4. The third kappa shape index (κ3) is 1.35. The van der Waals surface area contributed by atoms with Crippen molar-refractivity contribution in [2.24, 2.45) is 0 Å². The summed E-state index contributed by atoms with van der Waals surface area (Å²) in [5.74, 6) is -0.495. The minimum Gasteiger partial charge on any atom is -0.481 e. The van der Waals surface area contributed by atoms with E-state index in [1.165, 1.54) is 0 Å². The Balaban J connectivity index is 2.14. The van der Waals surface area contributed by atoms with Crippen LogP contribution in [0, 0.1) is 0 Å². The highest BCUT2D eigenvalue weighted by Gasteiger charge is 2.38. The van der Waals surface area contributed by atoms with Gasteiger partial charge in [0.15, 0.2) is 0 Å². The maximum absolute atomic E-state index is 11.2. The molecule has 1 saturated carbocycles. The smallest absolute Gasteiger partial charge is 0.311 e. The molecule has 2 aliphatic carbocycles. The van der Waals surface area contributed by atoms with Gasteiger partial charge in [-0.25, -0.2) is 9.97 Å². The van der Waals surface area contributed by atoms with E-state index in [2.05, 4.69) is 9.97 Å². The van der Waals surface area contributed by atoms with Gasteiger partial charge in [0.1, 0.15) is 0 Å². The molecular formula is C11H13N3O2. The standard InChI is InChI=1S/C11H13N3O2/c12-11-13-7-4-3-6(10(15)16)8(7)9(14-11)5-1-2-5/h5-6H,1-4H2,(H,15,16)(H2,12,13,14). The summed E-state index contributed by atoms with van der Waals surface area (Å²) in [7, 11) is 0. The molecule has 3 rings (SSSR count). The predicted molar refractivity (Wildman–Crippen MR) is 57.1 cm³/mol. The van der Waals surface area contributed by atoms with Crippen molar-refractivity contribution in [3.05, 3.63) is 17.0 Å². The Hall–Kier alpha value is -1.65. The number of nitrogens with zero attached hydrogens (tertiary/aromatic N) is 2. The highest BCUT2D eigenvalue weighted by Crippen LogP contribution is 2.46. The fourth-order valence-corrected chi connectivity index (χ4v) is 2.47. The first-order valence-corrected chi connectivity index (χ1v) is 5.56. The summed E-state index contributed by atoms with van der Waals surface area (Å²) in [5, 5.41) is 9.17. The number of hydrogen-bond donors (Lipinski definition) is 2. The first-order valence-electron chi connectivity index (χ1n) is 5.56. The second-order valence-electron chi connectivity index (χ2n) is 4.53. The van der Waals surface area contributed by atoms with Crippen LogP contribution in [0.4, 0.5) is 5.95 Å². The normalized spacial score (nSPS) is 23.1. The molecule has 0 aromatic carbocycles. The maximum Gasteiger partial charge on any atom is 0.311 e. The van der Waals surface area contributed by atoms with E-state index in [0.717, 1.165) is 29.8 Å². The lowest BCUT2D eigenvalue weighted by Gasteiger charge is -2.11. The van der Waals surface area contributed by atoms with Gasteiger partial charge in [-0.15, -0.1) is 0 Å². The molecule has 1 fully saturated rings. The summed E-state index contributed by atoms with van der Waals surface area (Å²) in [6, 6.07) is 0. The lowest BCUT2D eigenvalue weighted by molar-refractivity contribution is -0.138. The number of carboxylic acid groups (broad SMARTS) is 1. The van der Waals surface area contributed by atoms with Gasteiger partial charge in [-0.05, 0) is 25.7 Å². The Morgan fingerprint density at radius 3 is 2.69 bits per heavy atom. The highest BCUT2D eigenvalue weighted by molar-refractivity contribution is 5.78. The molecule has 1 aromatic rings. The number of nitrogens with two attached hydrogens (primary N) is 1. The minimum absolute atomic E-state index is 0.284. The number of anilines is 1. The van der Waals surface area contributed by atoms with Crippen LogP contribution in [0.25, 0.3) is 0 Å². The van der Waals surface area contributed by atoms with Crippen molar-refractivity contribution in [3.63, 3.8) is 0 Å². The van der Waals surface area contributed by atoms with E-state index in [1.54, 1.807) is 0 Å². The monoisotopic (exact) mass is 219 g/mol. The number of fused-ring (bicyclic) bond motifs is 1. The summed E-state index contributed by atoms with van der Waals surface area (Å²) in [4.78, 5) is 19.6. The Bertz CT molecular complexity index is 469. The van der Waals surface area contributed by atoms with Gasteiger partial charge in [-0.2, -0.15) is 0 Å². The fourth-order valence-electron chi connectivity index (χ4n) is 2.47. The third-order valence-corrected chi connectivity index (χ3v) is 3.35. The molecule has 16 heavy (non-hydrogen) atoms. The summed E-state index contributed by atoms with van der Waals surface area (Å²) < 4.78 is 0. The average molecular weight is 219 g/mol. The van der Waals surface area contributed by atoms with Crippen molar-refractivity contribution in [3.8, 4) is 0 Å². The zero-order valence-electron chi connectivity index (χ0n) is 8.81. The topological polar surface area (TPSA) is 89.1 Å². The quantitative estimate of drug-likeness (QED) is 0.776. The van der Waals surface area contributed by atoms with Crippen LogP contribution in [0.5, 0.6) is 0 Å². The molecule has 0 spiro atoms. The van der Waals surface area contributed by atoms with Crippen LogP contribution in [0.15, 0.2) is 0 Å². The molecule has 0 aliphatic heterocycles. The summed E-state index contributed by atoms with van der Waals surface area (Å²) in [6.45, 7) is 0. The van der Waals surface area contributed by atoms with Crippen LogP contribution in [-0.4, -0.2) is 21.0 Å². The van der Waals surface area contributed by atoms with E-state index in [4.69, 9.17) is 10.8 Å². The molecule has 0 radical (unpaired) electrons. The molecule has 0 amide bonds. The van der Waals surface area contributed by atoms with Crippen molar-refractivity contribution in [1.29, 1.82) is 0 Å². The molecule has 1 heterocycles. The first-order chi connectivity index (χ1) is 7.66. The predicted octanol–water partition coefficient (Wildman–Crippen LogP) is 1.05. The zero-order valence-corrected chi connectivity index (χ0v) is 8.81. The summed E-state index contributed by atoms with van der Waals surface area (Å²) >= 11 is 0. The summed E-state index contributed by atoms with van der Waals surface area (Å²) in [6.07, 6.45) is 3.52. The van der Waals surface area contributed by atoms with E-state index >= 15 is 0 Å². The third-order valence-electron chi connectivity index (χ3n) is 3.35. The number of hydrogen-bond acceptors (Lipinski definition) is 4. The number of aliphatic carboxylic acids is 1. The molecule has 5 nitrogen and oxygen atoms in total. The number of carboxylic acids is 1. The number of carbonyl (C=O) groups is 1. The van der Waals surface area contributed by atoms with E-state index in [9.17, 15) is 4.79 Å². The number of nitrogen functional groups attached to an aromatic ring is 1. The Labute approximate surface area is 92.7 Å². The van der Waals surface area contributed by atoms with Crippen molar-refractivity contribution in [1.82, 2.24) is 9.97 Å². The van der Waals surface area contributed by atoms with Gasteiger partial charge in [0.05, 0.1) is 17.3 Å². The van der Waals surface area contributed by atoms with Crippen LogP contribution in [0.1, 0.15) is 48.0 Å². The summed E-state index contributed by atoms with van der Waals surface area (Å²) in [5.41, 5.74) is 8.24. The number of aromatic nitrogens is 2. The zero-order chi connectivity index (χ0) is 11.3. The second kappa shape index (κ2) is 3.17. The van der Waals surface area contributed by atoms with Crippen LogP contribution in [-0.2, 0) is 11.2 Å². The van der Waals surface area contributed by atoms with E-state index in [-0.39, 0.29) is 5.95 Å². The van der Waals surface area contributed by atoms with Crippen LogP contribution < -0.4 is 5.73 Å². The SMILES string of the molecule is Nc1nc2c(c(C3CC3)n1)C(C(=O)O)CC2. The molecule has 0 bridgehead atoms. The Kier molecular flexibility index (Phi) is 1.89. The lowest BCUT2D eigenvalue weighted by Crippen LogP contribution is -2.12. The molecule has 2 aliphatic rings. The molecule has 84 valence electrons. The molecule has 1 aromatic heterocycles. The molecule has 1 unspecified atom stereocenters. The molecule has 0 saturated heterocycles.